The van der Waals surface area contributed by atoms with Crippen LogP contribution in [0.4, 0.5) is 4.79 Å². The lowest BCUT2D eigenvalue weighted by molar-refractivity contribution is -0.136. The summed E-state index contributed by atoms with van der Waals surface area (Å²) in [5.74, 6) is -1.08. The fourth-order valence-electron chi connectivity index (χ4n) is 4.58. The Hall–Kier alpha value is -2.42. The summed E-state index contributed by atoms with van der Waals surface area (Å²) in [7, 11) is -3.18. The zero-order valence-corrected chi connectivity index (χ0v) is 16.5. The highest BCUT2D eigenvalue weighted by molar-refractivity contribution is 7.91. The maximum absolute atomic E-state index is 13.2. The first kappa shape index (κ1) is 18.9. The Labute approximate surface area is 163 Å². The first-order valence-electron chi connectivity index (χ1n) is 9.38. The van der Waals surface area contributed by atoms with Crippen molar-refractivity contribution in [2.24, 2.45) is 0 Å². The topological polar surface area (TPSA) is 113 Å². The summed E-state index contributed by atoms with van der Waals surface area (Å²) in [6.45, 7) is 1.24. The lowest BCUT2D eigenvalue weighted by atomic mass is 9.76. The van der Waals surface area contributed by atoms with Crippen LogP contribution in [0.15, 0.2) is 24.3 Å². The van der Waals surface area contributed by atoms with Gasteiger partial charge in [-0.05, 0) is 43.7 Å². The fourth-order valence-corrected chi connectivity index (χ4v) is 6.68. The van der Waals surface area contributed by atoms with E-state index in [-0.39, 0.29) is 11.5 Å². The molecule has 8 nitrogen and oxygen atoms in total. The lowest BCUT2D eigenvalue weighted by Gasteiger charge is -2.33. The van der Waals surface area contributed by atoms with Crippen molar-refractivity contribution < 1.29 is 22.8 Å². The molecule has 0 unspecified atom stereocenters. The van der Waals surface area contributed by atoms with E-state index in [4.69, 9.17) is 0 Å². The summed E-state index contributed by atoms with van der Waals surface area (Å²) in [5, 5.41) is 5.51. The summed E-state index contributed by atoms with van der Waals surface area (Å²) >= 11 is 0. The molecule has 28 heavy (non-hydrogen) atoms. The first-order chi connectivity index (χ1) is 13.1. The Morgan fingerprint density at radius 2 is 2.00 bits per heavy atom. The Morgan fingerprint density at radius 3 is 2.71 bits per heavy atom. The third-order valence-electron chi connectivity index (χ3n) is 5.90. The summed E-state index contributed by atoms with van der Waals surface area (Å²) in [4.78, 5) is 39.2. The minimum atomic E-state index is -3.18. The van der Waals surface area contributed by atoms with E-state index in [0.29, 0.717) is 12.8 Å². The molecule has 4 amide bonds. The fraction of sp³-hybridized carbons (Fsp3) is 0.526. The minimum absolute atomic E-state index is 0.0206. The van der Waals surface area contributed by atoms with Gasteiger partial charge in [-0.2, -0.15) is 0 Å². The standard InChI is InChI=1S/C19H23N3O5S/c1-18(9-10-28(26,27)12-18)20-15(23)11-22-16(24)19(21-17(22)25)8-4-6-13-5-2-3-7-14(13)19/h2-3,5,7H,4,6,8-12H2,1H3,(H,20,23)(H,21,25)/t18-,19+/m1/s1. The van der Waals surface area contributed by atoms with Crippen molar-refractivity contribution in [1.82, 2.24) is 15.5 Å². The minimum Gasteiger partial charge on any atom is -0.348 e. The number of amides is 4. The average Bonchev–Trinajstić information content (AvgIpc) is 3.03. The number of aryl methyl sites for hydroxylation is 1. The van der Waals surface area contributed by atoms with Crippen LogP contribution < -0.4 is 10.6 Å². The van der Waals surface area contributed by atoms with Crippen molar-refractivity contribution in [3.63, 3.8) is 0 Å². The van der Waals surface area contributed by atoms with Crippen LogP contribution in [0.25, 0.3) is 0 Å². The normalized spacial score (nSPS) is 31.0. The van der Waals surface area contributed by atoms with Gasteiger partial charge < -0.3 is 10.6 Å². The molecule has 4 rings (SSSR count). The highest BCUT2D eigenvalue weighted by atomic mass is 32.2. The summed E-state index contributed by atoms with van der Waals surface area (Å²) in [6.07, 6.45) is 2.41. The first-order valence-corrected chi connectivity index (χ1v) is 11.2. The highest BCUT2D eigenvalue weighted by Gasteiger charge is 2.54. The molecule has 0 saturated carbocycles. The maximum atomic E-state index is 13.2. The molecule has 2 heterocycles. The summed E-state index contributed by atoms with van der Waals surface area (Å²) < 4.78 is 23.4. The summed E-state index contributed by atoms with van der Waals surface area (Å²) in [6, 6.07) is 6.94. The smallest absolute Gasteiger partial charge is 0.325 e. The van der Waals surface area contributed by atoms with E-state index < -0.39 is 45.3 Å². The second-order valence-electron chi connectivity index (χ2n) is 8.19. The molecule has 1 aromatic carbocycles. The monoisotopic (exact) mass is 405 g/mol. The van der Waals surface area contributed by atoms with Crippen LogP contribution in [0.5, 0.6) is 0 Å². The van der Waals surface area contributed by atoms with Gasteiger partial charge in [0.15, 0.2) is 9.84 Å². The van der Waals surface area contributed by atoms with Crippen LogP contribution in [0.2, 0.25) is 0 Å². The number of fused-ring (bicyclic) bond motifs is 2. The average molecular weight is 405 g/mol. The zero-order chi connectivity index (χ0) is 20.2. The molecule has 0 aromatic heterocycles. The van der Waals surface area contributed by atoms with Gasteiger partial charge in [-0.1, -0.05) is 24.3 Å². The number of nitrogens with zero attached hydrogens (tertiary/aromatic N) is 1. The van der Waals surface area contributed by atoms with Crippen molar-refractivity contribution in [3.8, 4) is 0 Å². The van der Waals surface area contributed by atoms with Crippen LogP contribution in [-0.4, -0.2) is 54.8 Å². The summed E-state index contributed by atoms with van der Waals surface area (Å²) in [5.41, 5.74) is -0.175. The van der Waals surface area contributed by atoms with Gasteiger partial charge in [-0.15, -0.1) is 0 Å². The molecule has 2 fully saturated rings. The van der Waals surface area contributed by atoms with E-state index in [9.17, 15) is 22.8 Å². The van der Waals surface area contributed by atoms with Crippen molar-refractivity contribution in [1.29, 1.82) is 0 Å². The molecule has 150 valence electrons. The van der Waals surface area contributed by atoms with Crippen LogP contribution in [-0.2, 0) is 31.4 Å². The number of carbonyl (C=O) groups excluding carboxylic acids is 3. The van der Waals surface area contributed by atoms with Crippen LogP contribution in [0.3, 0.4) is 0 Å². The number of rotatable bonds is 3. The van der Waals surface area contributed by atoms with Crippen molar-refractivity contribution in [3.05, 3.63) is 35.4 Å². The quantitative estimate of drug-likeness (QED) is 0.710. The second-order valence-corrected chi connectivity index (χ2v) is 10.4. The zero-order valence-electron chi connectivity index (χ0n) is 15.7. The van der Waals surface area contributed by atoms with Gasteiger partial charge in [0.1, 0.15) is 12.1 Å². The van der Waals surface area contributed by atoms with Gasteiger partial charge >= 0.3 is 6.03 Å². The van der Waals surface area contributed by atoms with Crippen LogP contribution in [0, 0.1) is 0 Å². The number of imide groups is 1. The third kappa shape index (κ3) is 3.07. The van der Waals surface area contributed by atoms with Crippen molar-refractivity contribution in [2.45, 2.75) is 43.7 Å². The predicted molar refractivity (Wildman–Crippen MR) is 101 cm³/mol. The lowest BCUT2D eigenvalue weighted by Crippen LogP contribution is -2.51. The van der Waals surface area contributed by atoms with E-state index in [2.05, 4.69) is 10.6 Å². The Balaban J connectivity index is 1.52. The molecule has 0 bridgehead atoms. The number of hydrogen-bond donors (Lipinski definition) is 2. The van der Waals surface area contributed by atoms with E-state index in [1.165, 1.54) is 0 Å². The second kappa shape index (κ2) is 6.30. The largest absolute Gasteiger partial charge is 0.348 e. The molecule has 3 aliphatic rings. The number of sulfone groups is 1. The van der Waals surface area contributed by atoms with Crippen LogP contribution >= 0.6 is 0 Å². The number of urea groups is 1. The number of hydrogen-bond acceptors (Lipinski definition) is 5. The Morgan fingerprint density at radius 1 is 1.25 bits per heavy atom. The van der Waals surface area contributed by atoms with Crippen molar-refractivity contribution in [2.75, 3.05) is 18.1 Å². The third-order valence-corrected chi connectivity index (χ3v) is 7.80. The number of nitrogens with one attached hydrogen (secondary N) is 2. The SMILES string of the molecule is C[C@@]1(NC(=O)CN2C(=O)N[C@]3(CCCc4ccccc43)C2=O)CCS(=O)(=O)C1. The van der Waals surface area contributed by atoms with E-state index in [1.807, 2.05) is 24.3 Å². The molecule has 2 aliphatic heterocycles. The van der Waals surface area contributed by atoms with Gasteiger partial charge in [-0.3, -0.25) is 14.5 Å². The maximum Gasteiger partial charge on any atom is 0.325 e. The van der Waals surface area contributed by atoms with Gasteiger partial charge in [0.25, 0.3) is 5.91 Å². The number of carbonyl (C=O) groups is 3. The molecular weight excluding hydrogens is 382 g/mol. The van der Waals surface area contributed by atoms with E-state index in [1.54, 1.807) is 6.92 Å². The Kier molecular flexibility index (Phi) is 4.26. The van der Waals surface area contributed by atoms with E-state index in [0.717, 1.165) is 28.9 Å². The molecular formula is C19H23N3O5S. The van der Waals surface area contributed by atoms with Gasteiger partial charge in [0, 0.05) is 0 Å². The molecule has 1 aromatic rings. The molecule has 2 atom stereocenters. The molecule has 1 aliphatic carbocycles. The highest BCUT2D eigenvalue weighted by Crippen LogP contribution is 2.39. The van der Waals surface area contributed by atoms with Gasteiger partial charge in [0.2, 0.25) is 5.91 Å². The number of benzene rings is 1. The molecule has 0 radical (unpaired) electrons. The predicted octanol–water partition coefficient (Wildman–Crippen LogP) is 0.463. The van der Waals surface area contributed by atoms with Gasteiger partial charge in [0.05, 0.1) is 17.0 Å². The Bertz CT molecular complexity index is 976. The van der Waals surface area contributed by atoms with Gasteiger partial charge in [-0.25, -0.2) is 13.2 Å². The molecule has 2 saturated heterocycles. The van der Waals surface area contributed by atoms with Crippen molar-refractivity contribution >= 4 is 27.7 Å². The molecule has 9 heteroatoms. The molecule has 2 N–H and O–H groups in total. The van der Waals surface area contributed by atoms with Crippen LogP contribution in [0.1, 0.15) is 37.3 Å². The van der Waals surface area contributed by atoms with E-state index >= 15 is 0 Å². The molecule has 1 spiro atoms.